The van der Waals surface area contributed by atoms with Gasteiger partial charge in [-0.1, -0.05) is 31.2 Å². The molecule has 0 bridgehead atoms. The third kappa shape index (κ3) is 2.27. The van der Waals surface area contributed by atoms with E-state index in [9.17, 15) is 0 Å². The molecule has 2 heterocycles. The predicted molar refractivity (Wildman–Crippen MR) is 83.1 cm³/mol. The van der Waals surface area contributed by atoms with E-state index in [4.69, 9.17) is 0 Å². The summed E-state index contributed by atoms with van der Waals surface area (Å²) < 4.78 is 1.91. The van der Waals surface area contributed by atoms with Crippen LogP contribution in [0.3, 0.4) is 0 Å². The van der Waals surface area contributed by atoms with E-state index in [0.717, 1.165) is 18.5 Å². The third-order valence-electron chi connectivity index (χ3n) is 3.70. The maximum Gasteiger partial charge on any atom is 0.0711 e. The number of nitrogens with zero attached hydrogens (tertiary/aromatic N) is 2. The molecule has 0 saturated carbocycles. The summed E-state index contributed by atoms with van der Waals surface area (Å²) in [5.74, 6) is 0. The second kappa shape index (κ2) is 5.37. The van der Waals surface area contributed by atoms with Gasteiger partial charge in [-0.2, -0.15) is 5.10 Å². The summed E-state index contributed by atoms with van der Waals surface area (Å²) in [5, 5.41) is 7.95. The SMILES string of the molecule is CCc1cccc(C)c1NCc1cnn2ccccc12. The smallest absolute Gasteiger partial charge is 0.0711 e. The number of benzene rings is 1. The standard InChI is InChI=1S/C17H19N3/c1-3-14-8-6-7-13(2)17(14)18-11-15-12-19-20-10-5-4-9-16(15)20/h4-10,12,18H,3,11H2,1-2H3. The van der Waals surface area contributed by atoms with Crippen LogP contribution in [0.2, 0.25) is 0 Å². The summed E-state index contributed by atoms with van der Waals surface area (Å²) >= 11 is 0. The van der Waals surface area contributed by atoms with Crippen molar-refractivity contribution < 1.29 is 0 Å². The molecule has 3 aromatic rings. The fourth-order valence-electron chi connectivity index (χ4n) is 2.58. The number of nitrogens with one attached hydrogen (secondary N) is 1. The number of anilines is 1. The minimum atomic E-state index is 0.797. The van der Waals surface area contributed by atoms with Crippen molar-refractivity contribution in [3.8, 4) is 0 Å². The van der Waals surface area contributed by atoms with Crippen molar-refractivity contribution in [2.75, 3.05) is 5.32 Å². The normalized spacial score (nSPS) is 10.9. The monoisotopic (exact) mass is 265 g/mol. The summed E-state index contributed by atoms with van der Waals surface area (Å²) in [5.41, 5.74) is 6.29. The molecule has 0 saturated heterocycles. The summed E-state index contributed by atoms with van der Waals surface area (Å²) in [6.07, 6.45) is 4.95. The highest BCUT2D eigenvalue weighted by atomic mass is 15.2. The molecule has 2 aromatic heterocycles. The molecule has 0 amide bonds. The average molecular weight is 265 g/mol. The van der Waals surface area contributed by atoms with Crippen LogP contribution < -0.4 is 5.32 Å². The van der Waals surface area contributed by atoms with Gasteiger partial charge in [0.2, 0.25) is 0 Å². The number of hydrogen-bond donors (Lipinski definition) is 1. The predicted octanol–water partition coefficient (Wildman–Crippen LogP) is 3.82. The fourth-order valence-corrected chi connectivity index (χ4v) is 2.58. The maximum atomic E-state index is 4.37. The van der Waals surface area contributed by atoms with Gasteiger partial charge in [0.15, 0.2) is 0 Å². The zero-order chi connectivity index (χ0) is 13.9. The van der Waals surface area contributed by atoms with Crippen molar-refractivity contribution in [3.63, 3.8) is 0 Å². The Kier molecular flexibility index (Phi) is 3.42. The van der Waals surface area contributed by atoms with E-state index in [1.54, 1.807) is 0 Å². The van der Waals surface area contributed by atoms with E-state index in [2.05, 4.69) is 48.5 Å². The van der Waals surface area contributed by atoms with E-state index in [1.165, 1.54) is 22.4 Å². The Morgan fingerprint density at radius 1 is 1.10 bits per heavy atom. The van der Waals surface area contributed by atoms with Gasteiger partial charge in [-0.25, -0.2) is 4.52 Å². The number of fused-ring (bicyclic) bond motifs is 1. The van der Waals surface area contributed by atoms with Gasteiger partial charge < -0.3 is 5.32 Å². The van der Waals surface area contributed by atoms with Gasteiger partial charge in [-0.15, -0.1) is 0 Å². The lowest BCUT2D eigenvalue weighted by Crippen LogP contribution is -2.03. The average Bonchev–Trinajstić information content (AvgIpc) is 2.89. The Morgan fingerprint density at radius 2 is 2.00 bits per heavy atom. The largest absolute Gasteiger partial charge is 0.380 e. The molecule has 3 nitrogen and oxygen atoms in total. The second-order valence-corrected chi connectivity index (χ2v) is 5.02. The molecule has 0 atom stereocenters. The van der Waals surface area contributed by atoms with Gasteiger partial charge in [0.25, 0.3) is 0 Å². The maximum absolute atomic E-state index is 4.37. The minimum absolute atomic E-state index is 0.797. The molecule has 20 heavy (non-hydrogen) atoms. The number of para-hydroxylation sites is 1. The lowest BCUT2D eigenvalue weighted by molar-refractivity contribution is 0.961. The molecule has 1 aromatic carbocycles. The van der Waals surface area contributed by atoms with Crippen LogP contribution in [-0.2, 0) is 13.0 Å². The molecule has 102 valence electrons. The molecule has 0 fully saturated rings. The van der Waals surface area contributed by atoms with Crippen LogP contribution >= 0.6 is 0 Å². The summed E-state index contributed by atoms with van der Waals surface area (Å²) in [7, 11) is 0. The highest BCUT2D eigenvalue weighted by Crippen LogP contribution is 2.22. The van der Waals surface area contributed by atoms with Crippen molar-refractivity contribution >= 4 is 11.2 Å². The Bertz CT molecular complexity index is 728. The fraction of sp³-hybridized carbons (Fsp3) is 0.235. The molecular formula is C17H19N3. The van der Waals surface area contributed by atoms with Crippen LogP contribution in [0.4, 0.5) is 5.69 Å². The Hall–Kier alpha value is -2.29. The summed E-state index contributed by atoms with van der Waals surface area (Å²) in [4.78, 5) is 0. The van der Waals surface area contributed by atoms with Gasteiger partial charge >= 0.3 is 0 Å². The third-order valence-corrected chi connectivity index (χ3v) is 3.70. The summed E-state index contributed by atoms with van der Waals surface area (Å²) in [6.45, 7) is 5.14. The number of aryl methyl sites for hydroxylation is 2. The zero-order valence-corrected chi connectivity index (χ0v) is 11.9. The summed E-state index contributed by atoms with van der Waals surface area (Å²) in [6, 6.07) is 12.6. The Labute approximate surface area is 119 Å². The van der Waals surface area contributed by atoms with Crippen LogP contribution in [0.25, 0.3) is 5.52 Å². The van der Waals surface area contributed by atoms with E-state index >= 15 is 0 Å². The van der Waals surface area contributed by atoms with Crippen LogP contribution in [0.1, 0.15) is 23.6 Å². The molecule has 0 radical (unpaired) electrons. The first kappa shape index (κ1) is 12.7. The van der Waals surface area contributed by atoms with Crippen LogP contribution in [0.15, 0.2) is 48.8 Å². The Balaban J connectivity index is 1.87. The van der Waals surface area contributed by atoms with E-state index in [-0.39, 0.29) is 0 Å². The molecule has 3 rings (SSSR count). The van der Waals surface area contributed by atoms with E-state index in [1.807, 2.05) is 29.0 Å². The van der Waals surface area contributed by atoms with Gasteiger partial charge in [0.05, 0.1) is 11.7 Å². The van der Waals surface area contributed by atoms with Gasteiger partial charge in [-0.3, -0.25) is 0 Å². The molecule has 0 aliphatic rings. The molecule has 0 aliphatic carbocycles. The first-order valence-corrected chi connectivity index (χ1v) is 7.03. The molecule has 0 aliphatic heterocycles. The Morgan fingerprint density at radius 3 is 2.85 bits per heavy atom. The highest BCUT2D eigenvalue weighted by molar-refractivity contribution is 5.60. The number of rotatable bonds is 4. The quantitative estimate of drug-likeness (QED) is 0.777. The molecule has 3 heteroatoms. The number of hydrogen-bond acceptors (Lipinski definition) is 2. The molecule has 0 unspecified atom stereocenters. The first-order chi connectivity index (χ1) is 9.79. The van der Waals surface area contributed by atoms with E-state index < -0.39 is 0 Å². The van der Waals surface area contributed by atoms with E-state index in [0.29, 0.717) is 0 Å². The van der Waals surface area contributed by atoms with Crippen molar-refractivity contribution in [3.05, 3.63) is 65.5 Å². The van der Waals surface area contributed by atoms with Crippen molar-refractivity contribution in [2.45, 2.75) is 26.8 Å². The zero-order valence-electron chi connectivity index (χ0n) is 11.9. The lowest BCUT2D eigenvalue weighted by Gasteiger charge is -2.13. The second-order valence-electron chi connectivity index (χ2n) is 5.02. The number of aromatic nitrogens is 2. The van der Waals surface area contributed by atoms with Crippen molar-refractivity contribution in [1.82, 2.24) is 9.61 Å². The van der Waals surface area contributed by atoms with Gasteiger partial charge in [0.1, 0.15) is 0 Å². The first-order valence-electron chi connectivity index (χ1n) is 7.03. The lowest BCUT2D eigenvalue weighted by atomic mass is 10.1. The molecular weight excluding hydrogens is 246 g/mol. The topological polar surface area (TPSA) is 29.3 Å². The van der Waals surface area contributed by atoms with Gasteiger partial charge in [-0.05, 0) is 36.6 Å². The highest BCUT2D eigenvalue weighted by Gasteiger charge is 2.06. The van der Waals surface area contributed by atoms with Crippen LogP contribution in [-0.4, -0.2) is 9.61 Å². The van der Waals surface area contributed by atoms with Crippen molar-refractivity contribution in [2.24, 2.45) is 0 Å². The molecule has 0 spiro atoms. The van der Waals surface area contributed by atoms with Gasteiger partial charge in [0, 0.05) is 24.0 Å². The minimum Gasteiger partial charge on any atom is -0.380 e. The molecule has 1 N–H and O–H groups in total. The van der Waals surface area contributed by atoms with Crippen LogP contribution in [0.5, 0.6) is 0 Å². The number of pyridine rings is 1. The van der Waals surface area contributed by atoms with Crippen LogP contribution in [0, 0.1) is 6.92 Å². The van der Waals surface area contributed by atoms with Crippen molar-refractivity contribution in [1.29, 1.82) is 0 Å².